The van der Waals surface area contributed by atoms with Crippen LogP contribution in [0.1, 0.15) is 5.56 Å². The molecule has 0 unspecified atom stereocenters. The van der Waals surface area contributed by atoms with Gasteiger partial charge in [-0.2, -0.15) is 71.1 Å². The van der Waals surface area contributed by atoms with Crippen molar-refractivity contribution in [3.63, 3.8) is 0 Å². The summed E-state index contributed by atoms with van der Waals surface area (Å²) in [5, 5.41) is 9.10. The molecule has 0 bridgehead atoms. The second-order valence-corrected chi connectivity index (χ2v) is 7.18. The van der Waals surface area contributed by atoms with Gasteiger partial charge in [-0.3, -0.25) is 4.90 Å². The predicted octanol–water partition coefficient (Wildman–Crippen LogP) is 7.27. The van der Waals surface area contributed by atoms with Gasteiger partial charge in [-0.25, -0.2) is 0 Å². The molecule has 0 atom stereocenters. The largest absolute Gasteiger partial charge is 0.421 e. The van der Waals surface area contributed by atoms with Crippen LogP contribution >= 0.6 is 0 Å². The van der Waals surface area contributed by atoms with Crippen LogP contribution in [-0.2, 0) is 6.18 Å². The number of hydrogen-bond acceptors (Lipinski definition) is 3. The van der Waals surface area contributed by atoms with E-state index in [0.717, 1.165) is 0 Å². The molecule has 1 aliphatic rings. The van der Waals surface area contributed by atoms with E-state index < -0.39 is 82.4 Å². The average Bonchev–Trinajstić information content (AvgIpc) is 2.67. The minimum absolute atomic E-state index is 0.166. The maximum Gasteiger partial charge on any atom is 0.421 e. The van der Waals surface area contributed by atoms with Gasteiger partial charge in [0.15, 0.2) is 0 Å². The molecule has 3 nitrogen and oxygen atoms in total. The molecule has 0 amide bonds. The number of nitrogens with zero attached hydrogens (tertiary/aromatic N) is 2. The summed E-state index contributed by atoms with van der Waals surface area (Å²) in [5.74, 6) is -1.94. The van der Waals surface area contributed by atoms with Crippen LogP contribution in [0.25, 0.3) is 0 Å². The first-order valence-corrected chi connectivity index (χ1v) is 8.99. The van der Waals surface area contributed by atoms with Gasteiger partial charge in [-0.1, -0.05) is 0 Å². The molecule has 204 valence electrons. The molecule has 1 aromatic carbocycles. The Morgan fingerprint density at radius 2 is 1.22 bits per heavy atom. The first-order valence-electron chi connectivity index (χ1n) is 8.99. The summed E-state index contributed by atoms with van der Waals surface area (Å²) in [6, 6.07) is 1.43. The molecule has 2 rings (SSSR count). The van der Waals surface area contributed by atoms with Gasteiger partial charge in [0.2, 0.25) is 5.41 Å². The van der Waals surface area contributed by atoms with Crippen LogP contribution in [0.5, 0.6) is 0 Å². The Morgan fingerprint density at radius 1 is 0.784 bits per heavy atom. The van der Waals surface area contributed by atoms with Crippen molar-refractivity contribution in [2.75, 3.05) is 4.90 Å². The molecule has 0 saturated heterocycles. The SMILES string of the molecule is N#CC1=C(N)N(c2ccc(C(F)(F)F)cc2)C(C=C(C(F)(F)F)C(F)(F)F)=CC1(C(F)(F)F)C(F)(F)F. The Hall–Kier alpha value is -3.52. The molecule has 0 aromatic heterocycles. The van der Waals surface area contributed by atoms with Gasteiger partial charge < -0.3 is 5.73 Å². The molecular weight excluding hydrogens is 555 g/mol. The molecule has 2 N–H and O–H groups in total. The summed E-state index contributed by atoms with van der Waals surface area (Å²) in [7, 11) is 0. The third-order valence-electron chi connectivity index (χ3n) is 4.88. The van der Waals surface area contributed by atoms with E-state index in [1.54, 1.807) is 0 Å². The van der Waals surface area contributed by atoms with Gasteiger partial charge in [0, 0.05) is 11.4 Å². The van der Waals surface area contributed by atoms with Crippen LogP contribution in [0, 0.1) is 16.7 Å². The smallest absolute Gasteiger partial charge is 0.384 e. The number of nitrogens with two attached hydrogens (primary N) is 1. The van der Waals surface area contributed by atoms with Crippen LogP contribution in [-0.4, -0.2) is 24.7 Å². The predicted molar refractivity (Wildman–Crippen MR) is 93.6 cm³/mol. The lowest BCUT2D eigenvalue weighted by molar-refractivity contribution is -0.306. The van der Waals surface area contributed by atoms with E-state index in [9.17, 15) is 65.9 Å². The third-order valence-corrected chi connectivity index (χ3v) is 4.88. The zero-order chi connectivity index (χ0) is 29.0. The topological polar surface area (TPSA) is 53.1 Å². The Morgan fingerprint density at radius 3 is 1.54 bits per heavy atom. The third kappa shape index (κ3) is 5.30. The molecule has 1 heterocycles. The molecule has 1 aliphatic heterocycles. The number of nitriles is 1. The lowest BCUT2D eigenvalue weighted by Gasteiger charge is -2.42. The fraction of sp³-hybridized carbons (Fsp3) is 0.316. The van der Waals surface area contributed by atoms with E-state index in [1.165, 1.54) is 0 Å². The molecule has 0 aliphatic carbocycles. The number of hydrogen-bond donors (Lipinski definition) is 1. The van der Waals surface area contributed by atoms with Crippen molar-refractivity contribution >= 4 is 5.69 Å². The number of alkyl halides is 15. The van der Waals surface area contributed by atoms with Crippen LogP contribution in [0.4, 0.5) is 71.5 Å². The van der Waals surface area contributed by atoms with E-state index in [4.69, 9.17) is 11.0 Å². The Bertz CT molecular complexity index is 1130. The minimum Gasteiger partial charge on any atom is -0.384 e. The van der Waals surface area contributed by atoms with Crippen LogP contribution in [0.15, 0.2) is 59.1 Å². The van der Waals surface area contributed by atoms with Crippen molar-refractivity contribution in [2.24, 2.45) is 11.1 Å². The highest BCUT2D eigenvalue weighted by molar-refractivity contribution is 5.67. The Kier molecular flexibility index (Phi) is 7.07. The monoisotopic (exact) mass is 563 g/mol. The number of halogens is 15. The molecule has 0 spiro atoms. The summed E-state index contributed by atoms with van der Waals surface area (Å²) in [4.78, 5) is -0.272. The van der Waals surface area contributed by atoms with Gasteiger partial charge >= 0.3 is 30.9 Å². The van der Waals surface area contributed by atoms with Crippen molar-refractivity contribution < 1.29 is 65.9 Å². The first kappa shape index (κ1) is 29.7. The Labute approximate surface area is 195 Å². The summed E-state index contributed by atoms with van der Waals surface area (Å²) in [6.07, 6.45) is -33.2. The fourth-order valence-corrected chi connectivity index (χ4v) is 3.23. The van der Waals surface area contributed by atoms with Crippen LogP contribution < -0.4 is 10.6 Å². The van der Waals surface area contributed by atoms with Gasteiger partial charge in [-0.15, -0.1) is 0 Å². The second-order valence-electron chi connectivity index (χ2n) is 7.18. The Balaban J connectivity index is 3.07. The minimum atomic E-state index is -6.58. The van der Waals surface area contributed by atoms with E-state index in [2.05, 4.69) is 0 Å². The van der Waals surface area contributed by atoms with Crippen molar-refractivity contribution in [3.8, 4) is 6.07 Å². The molecule has 0 fully saturated rings. The quantitative estimate of drug-likeness (QED) is 0.386. The number of rotatable bonds is 2. The zero-order valence-electron chi connectivity index (χ0n) is 17.1. The van der Waals surface area contributed by atoms with Crippen molar-refractivity contribution in [2.45, 2.75) is 30.9 Å². The van der Waals surface area contributed by atoms with E-state index in [1.807, 2.05) is 0 Å². The highest BCUT2D eigenvalue weighted by atomic mass is 19.4. The highest BCUT2D eigenvalue weighted by Crippen LogP contribution is 2.59. The van der Waals surface area contributed by atoms with Crippen molar-refractivity contribution in [1.82, 2.24) is 0 Å². The molecule has 37 heavy (non-hydrogen) atoms. The maximum atomic E-state index is 13.8. The summed E-state index contributed by atoms with van der Waals surface area (Å²) in [6.45, 7) is 0. The zero-order valence-corrected chi connectivity index (χ0v) is 17.1. The summed E-state index contributed by atoms with van der Waals surface area (Å²) >= 11 is 0. The van der Waals surface area contributed by atoms with Crippen molar-refractivity contribution in [3.05, 3.63) is 64.6 Å². The first-order chi connectivity index (χ1) is 16.4. The van der Waals surface area contributed by atoms with Crippen LogP contribution in [0.2, 0.25) is 0 Å². The van der Waals surface area contributed by atoms with Gasteiger partial charge in [-0.05, 0) is 36.4 Å². The lowest BCUT2D eigenvalue weighted by Crippen LogP contribution is -2.54. The second kappa shape index (κ2) is 8.80. The molecule has 18 heteroatoms. The van der Waals surface area contributed by atoms with E-state index in [-0.39, 0.29) is 17.0 Å². The molecule has 0 saturated carbocycles. The standard InChI is InChI=1S/C19H8F15N3/c20-15(21,22)8-1-3-9(4-2-8)37-10(5-12(16(23,24)25)17(26,27)28)6-14(18(29,30)31,19(32,33)34)11(7-35)13(37)36/h1-6H,36H2. The number of anilines is 1. The highest BCUT2D eigenvalue weighted by Gasteiger charge is 2.74. The van der Waals surface area contributed by atoms with Gasteiger partial charge in [0.05, 0.1) is 11.1 Å². The lowest BCUT2D eigenvalue weighted by atomic mass is 9.75. The van der Waals surface area contributed by atoms with Crippen LogP contribution in [0.3, 0.4) is 0 Å². The maximum absolute atomic E-state index is 13.8. The van der Waals surface area contributed by atoms with Crippen molar-refractivity contribution in [1.29, 1.82) is 5.26 Å². The fourth-order valence-electron chi connectivity index (χ4n) is 3.23. The number of allylic oxidation sites excluding steroid dienone is 4. The average molecular weight is 563 g/mol. The molecule has 1 aromatic rings. The normalized spacial score (nSPS) is 17.4. The summed E-state index contributed by atoms with van der Waals surface area (Å²) in [5.41, 5.74) is -10.8. The van der Waals surface area contributed by atoms with Gasteiger partial charge in [0.25, 0.3) is 0 Å². The molecular formula is C19H8F15N3. The van der Waals surface area contributed by atoms with E-state index >= 15 is 0 Å². The van der Waals surface area contributed by atoms with Gasteiger partial charge in [0.1, 0.15) is 17.5 Å². The molecule has 0 radical (unpaired) electrons. The number of benzene rings is 1. The summed E-state index contributed by atoms with van der Waals surface area (Å²) < 4.78 is 200. The van der Waals surface area contributed by atoms with E-state index in [0.29, 0.717) is 18.2 Å².